The third-order valence-corrected chi connectivity index (χ3v) is 4.68. The van der Waals surface area contributed by atoms with Crippen molar-refractivity contribution < 1.29 is 0 Å². The first-order chi connectivity index (χ1) is 8.31. The number of hydrogen-bond donors (Lipinski definition) is 2. The topological polar surface area (TPSA) is 40.7 Å². The molecule has 1 aromatic carbocycles. The van der Waals surface area contributed by atoms with Gasteiger partial charge >= 0.3 is 0 Å². The highest BCUT2D eigenvalue weighted by Crippen LogP contribution is 2.57. The van der Waals surface area contributed by atoms with Gasteiger partial charge in [0.1, 0.15) is 0 Å². The van der Waals surface area contributed by atoms with Gasteiger partial charge in [-0.25, -0.2) is 0 Å². The summed E-state index contributed by atoms with van der Waals surface area (Å²) in [6, 6.07) is 6.04. The number of para-hydroxylation sites is 1. The lowest BCUT2D eigenvalue weighted by molar-refractivity contribution is 0.441. The average molecular weight is 248 g/mol. The van der Waals surface area contributed by atoms with E-state index in [2.05, 4.69) is 21.6 Å². The van der Waals surface area contributed by atoms with Gasteiger partial charge in [-0.1, -0.05) is 23.7 Å². The molecule has 1 saturated carbocycles. The van der Waals surface area contributed by atoms with Crippen molar-refractivity contribution in [3.63, 3.8) is 0 Å². The number of hydrogen-bond acceptors (Lipinski definition) is 2. The van der Waals surface area contributed by atoms with Crippen LogP contribution < -0.4 is 5.32 Å². The maximum atomic E-state index is 6.18. The van der Waals surface area contributed by atoms with E-state index in [0.717, 1.165) is 29.5 Å². The minimum absolute atomic E-state index is 0.279. The molecular weight excluding hydrogens is 234 g/mol. The summed E-state index contributed by atoms with van der Waals surface area (Å²) in [5.74, 6) is 0.814. The zero-order valence-corrected chi connectivity index (χ0v) is 10.2. The van der Waals surface area contributed by atoms with Crippen LogP contribution in [0.25, 0.3) is 10.9 Å². The number of benzene rings is 1. The molecule has 2 atom stereocenters. The summed E-state index contributed by atoms with van der Waals surface area (Å²) in [7, 11) is 0. The standard InChI is InChI=1S/C13H14ClN3/c14-10-3-1-2-9-11(10)16-17-12(9)13-6-8(13)4-5-15-7-13/h1-3,8,15H,4-7H2,(H,16,17)/t8-,13?/m1/s1. The van der Waals surface area contributed by atoms with Gasteiger partial charge < -0.3 is 5.32 Å². The van der Waals surface area contributed by atoms with Crippen molar-refractivity contribution in [2.24, 2.45) is 5.92 Å². The molecule has 0 bridgehead atoms. The number of nitrogens with zero attached hydrogens (tertiary/aromatic N) is 1. The SMILES string of the molecule is Clc1cccc2c(C34CNCC[C@@H]3C4)n[nH]c12. The third kappa shape index (κ3) is 1.24. The van der Waals surface area contributed by atoms with Crippen LogP contribution in [0.3, 0.4) is 0 Å². The van der Waals surface area contributed by atoms with Gasteiger partial charge in [-0.05, 0) is 31.4 Å². The zero-order valence-electron chi connectivity index (χ0n) is 9.46. The molecule has 1 aromatic heterocycles. The molecule has 0 spiro atoms. The second kappa shape index (κ2) is 3.24. The Labute approximate surface area is 105 Å². The first kappa shape index (κ1) is 9.92. The molecule has 88 valence electrons. The van der Waals surface area contributed by atoms with E-state index < -0.39 is 0 Å². The first-order valence-corrected chi connectivity index (χ1v) is 6.53. The molecule has 2 fully saturated rings. The Kier molecular flexibility index (Phi) is 1.89. The number of aromatic nitrogens is 2. The van der Waals surface area contributed by atoms with E-state index in [4.69, 9.17) is 11.6 Å². The predicted molar refractivity (Wildman–Crippen MR) is 68.4 cm³/mol. The summed E-state index contributed by atoms with van der Waals surface area (Å²) < 4.78 is 0. The fraction of sp³-hybridized carbons (Fsp3) is 0.462. The summed E-state index contributed by atoms with van der Waals surface area (Å²) in [6.07, 6.45) is 2.54. The van der Waals surface area contributed by atoms with Crippen LogP contribution in [0.15, 0.2) is 18.2 Å². The number of H-pyrrole nitrogens is 1. The van der Waals surface area contributed by atoms with Crippen LogP contribution in [-0.2, 0) is 5.41 Å². The van der Waals surface area contributed by atoms with Crippen molar-refractivity contribution in [1.29, 1.82) is 0 Å². The lowest BCUT2D eigenvalue weighted by Gasteiger charge is -2.21. The van der Waals surface area contributed by atoms with Crippen LogP contribution in [-0.4, -0.2) is 23.3 Å². The molecular formula is C13H14ClN3. The summed E-state index contributed by atoms with van der Waals surface area (Å²) in [6.45, 7) is 2.21. The van der Waals surface area contributed by atoms with E-state index in [1.807, 2.05) is 12.1 Å². The lowest BCUT2D eigenvalue weighted by Crippen LogP contribution is -2.34. The number of nitrogens with one attached hydrogen (secondary N) is 2. The minimum Gasteiger partial charge on any atom is -0.316 e. The van der Waals surface area contributed by atoms with Gasteiger partial charge in [-0.3, -0.25) is 5.10 Å². The molecule has 1 unspecified atom stereocenters. The normalized spacial score (nSPS) is 31.5. The van der Waals surface area contributed by atoms with Crippen LogP contribution >= 0.6 is 11.6 Å². The molecule has 2 aliphatic rings. The minimum atomic E-state index is 0.279. The Balaban J connectivity index is 1.90. The number of rotatable bonds is 1. The first-order valence-electron chi connectivity index (χ1n) is 6.15. The molecule has 4 rings (SSSR count). The van der Waals surface area contributed by atoms with Crippen LogP contribution in [0.1, 0.15) is 18.5 Å². The Morgan fingerprint density at radius 3 is 3.24 bits per heavy atom. The molecule has 1 aliphatic carbocycles. The molecule has 2 heterocycles. The van der Waals surface area contributed by atoms with Crippen molar-refractivity contribution in [2.45, 2.75) is 18.3 Å². The Hall–Kier alpha value is -1.06. The van der Waals surface area contributed by atoms with Gasteiger partial charge in [0.25, 0.3) is 0 Å². The average Bonchev–Trinajstić information content (AvgIpc) is 2.93. The van der Waals surface area contributed by atoms with E-state index in [9.17, 15) is 0 Å². The monoisotopic (exact) mass is 247 g/mol. The molecule has 0 amide bonds. The van der Waals surface area contributed by atoms with Crippen molar-refractivity contribution in [3.8, 4) is 0 Å². The van der Waals surface area contributed by atoms with E-state index in [1.54, 1.807) is 0 Å². The van der Waals surface area contributed by atoms with Crippen molar-refractivity contribution in [2.75, 3.05) is 13.1 Å². The molecule has 4 heteroatoms. The predicted octanol–water partition coefficient (Wildman–Crippen LogP) is 2.47. The Morgan fingerprint density at radius 1 is 1.41 bits per heavy atom. The molecule has 1 aliphatic heterocycles. The fourth-order valence-electron chi connectivity index (χ4n) is 3.32. The number of aromatic amines is 1. The van der Waals surface area contributed by atoms with Crippen LogP contribution in [0.5, 0.6) is 0 Å². The summed E-state index contributed by atoms with van der Waals surface area (Å²) >= 11 is 6.18. The molecule has 2 aromatic rings. The number of fused-ring (bicyclic) bond motifs is 2. The van der Waals surface area contributed by atoms with Gasteiger partial charge in [0.05, 0.1) is 16.2 Å². The molecule has 1 saturated heterocycles. The van der Waals surface area contributed by atoms with Gasteiger partial charge in [-0.15, -0.1) is 0 Å². The third-order valence-electron chi connectivity index (χ3n) is 4.36. The van der Waals surface area contributed by atoms with Gasteiger partial charge in [0.15, 0.2) is 0 Å². The smallest absolute Gasteiger partial charge is 0.0839 e. The number of halogens is 1. The quantitative estimate of drug-likeness (QED) is 0.813. The largest absolute Gasteiger partial charge is 0.316 e. The van der Waals surface area contributed by atoms with E-state index >= 15 is 0 Å². The lowest BCUT2D eigenvalue weighted by atomic mass is 9.92. The molecule has 2 N–H and O–H groups in total. The summed E-state index contributed by atoms with van der Waals surface area (Å²) in [5, 5.41) is 13.1. The fourth-order valence-corrected chi connectivity index (χ4v) is 3.54. The second-order valence-electron chi connectivity index (χ2n) is 5.26. The summed E-state index contributed by atoms with van der Waals surface area (Å²) in [5.41, 5.74) is 2.48. The molecule has 17 heavy (non-hydrogen) atoms. The highest BCUT2D eigenvalue weighted by molar-refractivity contribution is 6.35. The molecule has 0 radical (unpaired) electrons. The van der Waals surface area contributed by atoms with E-state index in [0.29, 0.717) is 0 Å². The second-order valence-corrected chi connectivity index (χ2v) is 5.66. The Morgan fingerprint density at radius 2 is 2.35 bits per heavy atom. The highest BCUT2D eigenvalue weighted by atomic mass is 35.5. The van der Waals surface area contributed by atoms with E-state index in [1.165, 1.54) is 23.9 Å². The van der Waals surface area contributed by atoms with Crippen LogP contribution in [0, 0.1) is 5.92 Å². The van der Waals surface area contributed by atoms with Crippen molar-refractivity contribution in [1.82, 2.24) is 15.5 Å². The van der Waals surface area contributed by atoms with Crippen molar-refractivity contribution in [3.05, 3.63) is 28.9 Å². The Bertz CT molecular complexity index is 591. The van der Waals surface area contributed by atoms with Crippen molar-refractivity contribution >= 4 is 22.5 Å². The molecule has 3 nitrogen and oxygen atoms in total. The van der Waals surface area contributed by atoms with Gasteiger partial charge in [-0.2, -0.15) is 5.10 Å². The number of piperidine rings is 1. The van der Waals surface area contributed by atoms with Crippen LogP contribution in [0.2, 0.25) is 5.02 Å². The van der Waals surface area contributed by atoms with Crippen LogP contribution in [0.4, 0.5) is 0 Å². The highest BCUT2D eigenvalue weighted by Gasteiger charge is 2.58. The summed E-state index contributed by atoms with van der Waals surface area (Å²) in [4.78, 5) is 0. The van der Waals surface area contributed by atoms with E-state index in [-0.39, 0.29) is 5.41 Å². The van der Waals surface area contributed by atoms with Gasteiger partial charge in [0.2, 0.25) is 0 Å². The maximum absolute atomic E-state index is 6.18. The van der Waals surface area contributed by atoms with Gasteiger partial charge in [0, 0.05) is 17.3 Å². The maximum Gasteiger partial charge on any atom is 0.0839 e. The zero-order chi connectivity index (χ0) is 11.5.